The second-order valence-electron chi connectivity index (χ2n) is 2.88. The van der Waals surface area contributed by atoms with Gasteiger partial charge in [0.25, 0.3) is 5.69 Å². The lowest BCUT2D eigenvalue weighted by Crippen LogP contribution is -2.11. The first-order valence-corrected chi connectivity index (χ1v) is 3.98. The van der Waals surface area contributed by atoms with Crippen molar-refractivity contribution in [3.05, 3.63) is 34.0 Å². The minimum absolute atomic E-state index is 0.0891. The van der Waals surface area contributed by atoms with Crippen LogP contribution in [-0.2, 0) is 0 Å². The molecule has 0 fully saturated rings. The fourth-order valence-electron chi connectivity index (χ4n) is 1.23. The van der Waals surface area contributed by atoms with Gasteiger partial charge in [-0.05, 0) is 6.07 Å². The summed E-state index contributed by atoms with van der Waals surface area (Å²) in [5.74, 6) is -0.234. The lowest BCUT2D eigenvalue weighted by atomic mass is 10.2. The molecule has 2 aromatic rings. The summed E-state index contributed by atoms with van der Waals surface area (Å²) < 4.78 is 4.83. The Hall–Kier alpha value is -2.44. The molecule has 0 spiro atoms. The molecule has 1 aromatic heterocycles. The highest BCUT2D eigenvalue weighted by atomic mass is 16.6. The molecule has 0 aliphatic carbocycles. The summed E-state index contributed by atoms with van der Waals surface area (Å²) in [4.78, 5) is 9.93. The SMILES string of the molecule is N=C(N)c1noc2cc([N+](=O)[O-])ccc12. The van der Waals surface area contributed by atoms with Gasteiger partial charge in [0, 0.05) is 6.07 Å². The standard InChI is InChI=1S/C8H6N4O3/c9-8(10)7-5-2-1-4(12(13)14)3-6(5)15-11-7/h1-3H,(H3,9,10). The molecule has 76 valence electrons. The third-order valence-corrected chi connectivity index (χ3v) is 1.92. The Morgan fingerprint density at radius 1 is 1.60 bits per heavy atom. The van der Waals surface area contributed by atoms with Crippen molar-refractivity contribution in [1.29, 1.82) is 5.41 Å². The minimum Gasteiger partial charge on any atom is -0.382 e. The Balaban J connectivity index is 2.66. The van der Waals surface area contributed by atoms with Crippen LogP contribution in [0, 0.1) is 15.5 Å². The average molecular weight is 206 g/mol. The zero-order chi connectivity index (χ0) is 11.0. The van der Waals surface area contributed by atoms with Gasteiger partial charge in [0.15, 0.2) is 11.3 Å². The number of hydrogen-bond acceptors (Lipinski definition) is 5. The van der Waals surface area contributed by atoms with E-state index in [1.807, 2.05) is 0 Å². The van der Waals surface area contributed by atoms with Gasteiger partial charge in [-0.25, -0.2) is 0 Å². The predicted molar refractivity (Wildman–Crippen MR) is 51.7 cm³/mol. The molecule has 0 unspecified atom stereocenters. The Bertz CT molecular complexity index is 560. The lowest BCUT2D eigenvalue weighted by molar-refractivity contribution is -0.384. The maximum Gasteiger partial charge on any atom is 0.273 e. The highest BCUT2D eigenvalue weighted by Gasteiger charge is 2.14. The summed E-state index contributed by atoms with van der Waals surface area (Å²) in [6.07, 6.45) is 0. The lowest BCUT2D eigenvalue weighted by Gasteiger charge is -1.91. The van der Waals surface area contributed by atoms with Crippen LogP contribution in [0.5, 0.6) is 0 Å². The molecule has 15 heavy (non-hydrogen) atoms. The maximum atomic E-state index is 10.5. The zero-order valence-electron chi connectivity index (χ0n) is 7.43. The van der Waals surface area contributed by atoms with Crippen molar-refractivity contribution in [2.24, 2.45) is 5.73 Å². The van der Waals surface area contributed by atoms with Crippen molar-refractivity contribution >= 4 is 22.5 Å². The molecule has 0 bridgehead atoms. The number of nitrogen functional groups attached to an aromatic ring is 1. The van der Waals surface area contributed by atoms with Crippen molar-refractivity contribution in [3.8, 4) is 0 Å². The van der Waals surface area contributed by atoms with Crippen LogP contribution >= 0.6 is 0 Å². The Morgan fingerprint density at radius 3 is 2.93 bits per heavy atom. The molecule has 2 rings (SSSR count). The molecule has 0 saturated heterocycles. The van der Waals surface area contributed by atoms with Crippen molar-refractivity contribution in [1.82, 2.24) is 5.16 Å². The summed E-state index contributed by atoms with van der Waals surface area (Å²) in [7, 11) is 0. The zero-order valence-corrected chi connectivity index (χ0v) is 7.43. The van der Waals surface area contributed by atoms with Crippen LogP contribution in [0.2, 0.25) is 0 Å². The van der Waals surface area contributed by atoms with Crippen molar-refractivity contribution in [3.63, 3.8) is 0 Å². The van der Waals surface area contributed by atoms with E-state index < -0.39 is 4.92 Å². The predicted octanol–water partition coefficient (Wildman–Crippen LogP) is 1.02. The van der Waals surface area contributed by atoms with Gasteiger partial charge in [0.2, 0.25) is 0 Å². The number of non-ortho nitro benzene ring substituents is 1. The largest absolute Gasteiger partial charge is 0.382 e. The molecule has 0 atom stereocenters. The second-order valence-corrected chi connectivity index (χ2v) is 2.88. The molecule has 1 aromatic carbocycles. The molecule has 0 amide bonds. The van der Waals surface area contributed by atoms with Gasteiger partial charge in [-0.1, -0.05) is 5.16 Å². The van der Waals surface area contributed by atoms with Crippen LogP contribution in [0.3, 0.4) is 0 Å². The molecular weight excluding hydrogens is 200 g/mol. The van der Waals surface area contributed by atoms with E-state index in [-0.39, 0.29) is 22.8 Å². The fourth-order valence-corrected chi connectivity index (χ4v) is 1.23. The van der Waals surface area contributed by atoms with Gasteiger partial charge < -0.3 is 10.3 Å². The summed E-state index contributed by atoms with van der Waals surface area (Å²) in [5.41, 5.74) is 5.60. The highest BCUT2D eigenvalue weighted by Crippen LogP contribution is 2.23. The summed E-state index contributed by atoms with van der Waals surface area (Å²) in [5, 5.41) is 21.7. The van der Waals surface area contributed by atoms with Gasteiger partial charge in [-0.3, -0.25) is 15.5 Å². The number of benzene rings is 1. The smallest absolute Gasteiger partial charge is 0.273 e. The summed E-state index contributed by atoms with van der Waals surface area (Å²) >= 11 is 0. The van der Waals surface area contributed by atoms with E-state index in [4.69, 9.17) is 15.7 Å². The first kappa shape index (κ1) is 9.13. The second kappa shape index (κ2) is 3.05. The highest BCUT2D eigenvalue weighted by molar-refractivity contribution is 6.04. The van der Waals surface area contributed by atoms with Crippen molar-refractivity contribution < 1.29 is 9.45 Å². The van der Waals surface area contributed by atoms with E-state index in [0.717, 1.165) is 0 Å². The van der Waals surface area contributed by atoms with Crippen LogP contribution in [0.4, 0.5) is 5.69 Å². The van der Waals surface area contributed by atoms with Crippen molar-refractivity contribution in [2.45, 2.75) is 0 Å². The normalized spacial score (nSPS) is 10.4. The number of rotatable bonds is 2. The number of nitro groups is 1. The molecule has 0 radical (unpaired) electrons. The number of fused-ring (bicyclic) bond motifs is 1. The van der Waals surface area contributed by atoms with E-state index in [9.17, 15) is 10.1 Å². The number of hydrogen-bond donors (Lipinski definition) is 2. The van der Waals surface area contributed by atoms with Crippen LogP contribution in [-0.4, -0.2) is 15.9 Å². The summed E-state index contributed by atoms with van der Waals surface area (Å²) in [6, 6.07) is 4.02. The van der Waals surface area contributed by atoms with Gasteiger partial charge in [-0.15, -0.1) is 0 Å². The Kier molecular flexibility index (Phi) is 1.86. The van der Waals surface area contributed by atoms with Crippen LogP contribution in [0.25, 0.3) is 11.0 Å². The quantitative estimate of drug-likeness (QED) is 0.329. The number of aromatic nitrogens is 1. The van der Waals surface area contributed by atoms with Gasteiger partial charge in [-0.2, -0.15) is 0 Å². The first-order valence-electron chi connectivity index (χ1n) is 3.98. The molecule has 7 nitrogen and oxygen atoms in total. The third-order valence-electron chi connectivity index (χ3n) is 1.92. The average Bonchev–Trinajstić information content (AvgIpc) is 2.59. The monoisotopic (exact) mass is 206 g/mol. The van der Waals surface area contributed by atoms with Gasteiger partial charge >= 0.3 is 0 Å². The number of nitrogens with zero attached hydrogens (tertiary/aromatic N) is 2. The van der Waals surface area contributed by atoms with E-state index in [2.05, 4.69) is 5.16 Å². The molecule has 7 heteroatoms. The minimum atomic E-state index is -0.532. The van der Waals surface area contributed by atoms with E-state index >= 15 is 0 Å². The van der Waals surface area contributed by atoms with E-state index in [0.29, 0.717) is 5.39 Å². The molecule has 0 aliphatic rings. The topological polar surface area (TPSA) is 119 Å². The summed E-state index contributed by atoms with van der Waals surface area (Å²) in [6.45, 7) is 0. The number of nitrogens with two attached hydrogens (primary N) is 1. The number of amidine groups is 1. The van der Waals surface area contributed by atoms with Crippen LogP contribution < -0.4 is 5.73 Å². The molecular formula is C8H6N4O3. The fraction of sp³-hybridized carbons (Fsp3) is 0. The van der Waals surface area contributed by atoms with Crippen LogP contribution in [0.1, 0.15) is 5.69 Å². The van der Waals surface area contributed by atoms with Gasteiger partial charge in [0.05, 0.1) is 16.4 Å². The molecule has 0 saturated carbocycles. The molecule has 1 heterocycles. The third kappa shape index (κ3) is 1.39. The van der Waals surface area contributed by atoms with E-state index in [1.165, 1.54) is 18.2 Å². The Labute approximate surface area is 83.1 Å². The van der Waals surface area contributed by atoms with Gasteiger partial charge in [0.1, 0.15) is 5.84 Å². The van der Waals surface area contributed by atoms with E-state index in [1.54, 1.807) is 0 Å². The Morgan fingerprint density at radius 2 is 2.33 bits per heavy atom. The van der Waals surface area contributed by atoms with Crippen molar-refractivity contribution in [2.75, 3.05) is 0 Å². The number of nitrogens with one attached hydrogen (secondary N) is 1. The molecule has 3 N–H and O–H groups in total. The first-order chi connectivity index (χ1) is 7.09. The van der Waals surface area contributed by atoms with Crippen LogP contribution in [0.15, 0.2) is 22.7 Å². The number of nitro benzene ring substituents is 1. The molecule has 0 aliphatic heterocycles. The maximum absolute atomic E-state index is 10.5.